The monoisotopic (exact) mass is 342 g/mol. The van der Waals surface area contributed by atoms with E-state index in [4.69, 9.17) is 0 Å². The summed E-state index contributed by atoms with van der Waals surface area (Å²) in [6, 6.07) is 11.1. The van der Waals surface area contributed by atoms with Gasteiger partial charge >= 0.3 is 0 Å². The molecule has 132 valence electrons. The Labute approximate surface area is 156 Å². The molecular formula is C24H26N2. The normalized spacial score (nSPS) is 22.1. The van der Waals surface area contributed by atoms with Gasteiger partial charge in [-0.15, -0.1) is 0 Å². The van der Waals surface area contributed by atoms with E-state index in [1.807, 2.05) is 0 Å². The molecule has 0 bridgehead atoms. The second-order valence-corrected chi connectivity index (χ2v) is 6.97. The number of allylic oxidation sites excluding steroid dienone is 7. The highest BCUT2D eigenvalue weighted by atomic mass is 14.9. The van der Waals surface area contributed by atoms with Crippen molar-refractivity contribution < 1.29 is 0 Å². The quantitative estimate of drug-likeness (QED) is 0.751. The van der Waals surface area contributed by atoms with Gasteiger partial charge in [0, 0.05) is 23.1 Å². The van der Waals surface area contributed by atoms with E-state index in [2.05, 4.69) is 89.6 Å². The van der Waals surface area contributed by atoms with Crippen LogP contribution in [-0.2, 0) is 0 Å². The third kappa shape index (κ3) is 4.08. The number of hydrogen-bond acceptors (Lipinski definition) is 2. The van der Waals surface area contributed by atoms with Gasteiger partial charge < -0.3 is 10.6 Å². The minimum atomic E-state index is 0.341. The zero-order valence-electron chi connectivity index (χ0n) is 15.1. The maximum absolute atomic E-state index is 3.74. The predicted octanol–water partition coefficient (Wildman–Crippen LogP) is 5.37. The zero-order valence-corrected chi connectivity index (χ0v) is 15.1. The molecule has 3 aliphatic rings. The molecule has 0 fully saturated rings. The minimum Gasteiger partial charge on any atom is -0.378 e. The lowest BCUT2D eigenvalue weighted by atomic mass is 9.94. The first kappa shape index (κ1) is 16.7. The van der Waals surface area contributed by atoms with Gasteiger partial charge in [0.05, 0.1) is 0 Å². The summed E-state index contributed by atoms with van der Waals surface area (Å²) in [4.78, 5) is 0. The Balaban J connectivity index is 1.42. The molecule has 0 spiro atoms. The summed E-state index contributed by atoms with van der Waals surface area (Å²) in [5.74, 6) is 0. The first-order chi connectivity index (χ1) is 12.9. The molecule has 2 heteroatoms. The topological polar surface area (TPSA) is 24.1 Å². The average Bonchev–Trinajstić information content (AvgIpc) is 2.71. The fraction of sp³-hybridized carbons (Fsp3) is 0.250. The molecule has 3 aliphatic carbocycles. The van der Waals surface area contributed by atoms with Crippen LogP contribution in [0.5, 0.6) is 0 Å². The summed E-state index contributed by atoms with van der Waals surface area (Å²) in [5, 5.41) is 7.25. The predicted molar refractivity (Wildman–Crippen MR) is 110 cm³/mol. The Morgan fingerprint density at radius 1 is 0.808 bits per heavy atom. The van der Waals surface area contributed by atoms with Crippen molar-refractivity contribution in [3.05, 3.63) is 102 Å². The van der Waals surface area contributed by atoms with Crippen molar-refractivity contribution in [2.45, 2.75) is 38.1 Å². The largest absolute Gasteiger partial charge is 0.378 e. The molecule has 26 heavy (non-hydrogen) atoms. The van der Waals surface area contributed by atoms with E-state index in [0.29, 0.717) is 6.04 Å². The second-order valence-electron chi connectivity index (χ2n) is 6.97. The highest BCUT2D eigenvalue weighted by Gasteiger charge is 2.15. The average molecular weight is 342 g/mol. The van der Waals surface area contributed by atoms with Crippen molar-refractivity contribution in [1.82, 2.24) is 10.6 Å². The van der Waals surface area contributed by atoms with Crippen molar-refractivity contribution in [2.75, 3.05) is 0 Å². The fourth-order valence-corrected chi connectivity index (χ4v) is 3.63. The van der Waals surface area contributed by atoms with Crippen molar-refractivity contribution >= 4 is 5.57 Å². The molecule has 1 atom stereocenters. The van der Waals surface area contributed by atoms with Crippen LogP contribution in [0.25, 0.3) is 5.57 Å². The first-order valence-electron chi connectivity index (χ1n) is 9.62. The molecule has 1 unspecified atom stereocenters. The van der Waals surface area contributed by atoms with E-state index >= 15 is 0 Å². The lowest BCUT2D eigenvalue weighted by molar-refractivity contribution is 0.673. The molecule has 2 nitrogen and oxygen atoms in total. The van der Waals surface area contributed by atoms with Gasteiger partial charge in [0.2, 0.25) is 0 Å². The van der Waals surface area contributed by atoms with Crippen LogP contribution in [0.2, 0.25) is 0 Å². The first-order valence-corrected chi connectivity index (χ1v) is 9.62. The van der Waals surface area contributed by atoms with Crippen LogP contribution in [0.4, 0.5) is 0 Å². The number of hydrogen-bond donors (Lipinski definition) is 2. The van der Waals surface area contributed by atoms with Gasteiger partial charge in [-0.05, 0) is 61.5 Å². The van der Waals surface area contributed by atoms with Gasteiger partial charge in [0.15, 0.2) is 0 Å². The molecule has 0 saturated carbocycles. The maximum atomic E-state index is 3.74. The molecule has 4 rings (SSSR count). The van der Waals surface area contributed by atoms with Crippen molar-refractivity contribution in [3.8, 4) is 0 Å². The van der Waals surface area contributed by atoms with Crippen LogP contribution in [0.1, 0.15) is 37.7 Å². The van der Waals surface area contributed by atoms with Gasteiger partial charge in [-0.25, -0.2) is 0 Å². The lowest BCUT2D eigenvalue weighted by Crippen LogP contribution is -2.29. The minimum absolute atomic E-state index is 0.341. The number of nitrogens with one attached hydrogen (secondary N) is 2. The van der Waals surface area contributed by atoms with Gasteiger partial charge in [0.25, 0.3) is 0 Å². The Kier molecular flexibility index (Phi) is 5.20. The highest BCUT2D eigenvalue weighted by molar-refractivity contribution is 5.71. The van der Waals surface area contributed by atoms with Gasteiger partial charge in [-0.1, -0.05) is 60.7 Å². The Hall–Kier alpha value is -2.74. The molecular weight excluding hydrogens is 316 g/mol. The molecule has 2 N–H and O–H groups in total. The molecule has 1 aromatic rings. The van der Waals surface area contributed by atoms with Crippen LogP contribution in [-0.4, -0.2) is 6.04 Å². The Morgan fingerprint density at radius 3 is 2.42 bits per heavy atom. The zero-order chi connectivity index (χ0) is 17.6. The summed E-state index contributed by atoms with van der Waals surface area (Å²) in [6.45, 7) is 0. The molecule has 0 amide bonds. The van der Waals surface area contributed by atoms with Crippen molar-refractivity contribution in [3.63, 3.8) is 0 Å². The Bertz CT molecular complexity index is 819. The lowest BCUT2D eigenvalue weighted by Gasteiger charge is -2.24. The fourth-order valence-electron chi connectivity index (χ4n) is 3.63. The molecule has 0 aliphatic heterocycles. The molecule has 0 saturated heterocycles. The highest BCUT2D eigenvalue weighted by Crippen LogP contribution is 2.28. The van der Waals surface area contributed by atoms with Crippen LogP contribution in [0, 0.1) is 0 Å². The number of benzene rings is 1. The summed E-state index contributed by atoms with van der Waals surface area (Å²) in [5.41, 5.74) is 6.42. The van der Waals surface area contributed by atoms with Crippen LogP contribution < -0.4 is 10.6 Å². The van der Waals surface area contributed by atoms with Gasteiger partial charge in [-0.2, -0.15) is 0 Å². The van der Waals surface area contributed by atoms with Gasteiger partial charge in [0.1, 0.15) is 0 Å². The summed E-state index contributed by atoms with van der Waals surface area (Å²) >= 11 is 0. The summed E-state index contributed by atoms with van der Waals surface area (Å²) < 4.78 is 0. The van der Waals surface area contributed by atoms with E-state index in [1.54, 1.807) is 0 Å². The summed E-state index contributed by atoms with van der Waals surface area (Å²) in [7, 11) is 0. The molecule has 0 heterocycles. The Morgan fingerprint density at radius 2 is 1.65 bits per heavy atom. The second kappa shape index (κ2) is 8.09. The van der Waals surface area contributed by atoms with Gasteiger partial charge in [-0.3, -0.25) is 0 Å². The summed E-state index contributed by atoms with van der Waals surface area (Å²) in [6.07, 6.45) is 23.4. The van der Waals surface area contributed by atoms with E-state index in [-0.39, 0.29) is 0 Å². The van der Waals surface area contributed by atoms with Crippen LogP contribution in [0.3, 0.4) is 0 Å². The third-order valence-corrected chi connectivity index (χ3v) is 5.02. The van der Waals surface area contributed by atoms with Crippen molar-refractivity contribution in [2.24, 2.45) is 0 Å². The van der Waals surface area contributed by atoms with E-state index in [9.17, 15) is 0 Å². The SMILES string of the molecule is C1=CC(NC2=CCC(NC3=C(c4ccccc4)CCC=C3)C=C2)=CCC1. The molecule has 1 aromatic carbocycles. The molecule has 0 aromatic heterocycles. The standard InChI is InChI=1S/C24H26N2/c1-3-9-19(10-4-1)23-13-7-8-14-24(23)26-22-17-15-21(16-18-22)25-20-11-5-2-6-12-20/h1,3-5,8-12,14-17,22,25-26H,2,6-7,13,18H2. The smallest absolute Gasteiger partial charge is 0.0483 e. The third-order valence-electron chi connectivity index (χ3n) is 5.02. The maximum Gasteiger partial charge on any atom is 0.0483 e. The van der Waals surface area contributed by atoms with E-state index in [1.165, 1.54) is 28.2 Å². The number of rotatable bonds is 5. The van der Waals surface area contributed by atoms with Crippen molar-refractivity contribution in [1.29, 1.82) is 0 Å². The van der Waals surface area contributed by atoms with E-state index in [0.717, 1.165) is 32.1 Å². The van der Waals surface area contributed by atoms with Crippen LogP contribution >= 0.6 is 0 Å². The van der Waals surface area contributed by atoms with Crippen LogP contribution in [0.15, 0.2) is 96.0 Å². The molecule has 0 radical (unpaired) electrons. The van der Waals surface area contributed by atoms with E-state index < -0.39 is 0 Å².